The van der Waals surface area contributed by atoms with E-state index in [2.05, 4.69) is 9.97 Å². The zero-order chi connectivity index (χ0) is 21.4. The first-order chi connectivity index (χ1) is 15.1. The Morgan fingerprint density at radius 2 is 1.71 bits per heavy atom. The summed E-state index contributed by atoms with van der Waals surface area (Å²) in [5.74, 6) is -1.40. The molecule has 2 aromatic carbocycles. The van der Waals surface area contributed by atoms with Crippen LogP contribution in [0.15, 0.2) is 77.5 Å². The van der Waals surface area contributed by atoms with Crippen LogP contribution in [0.2, 0.25) is 0 Å². The Morgan fingerprint density at radius 3 is 2.48 bits per heavy atom. The lowest BCUT2D eigenvalue weighted by Crippen LogP contribution is -2.02. The number of halogens is 2. The first-order valence-electron chi connectivity index (χ1n) is 9.70. The fraction of sp³-hybridized carbons (Fsp3) is 0.0833. The van der Waals surface area contributed by atoms with Gasteiger partial charge in [0.1, 0.15) is 11.5 Å². The number of furan rings is 1. The molecule has 0 bridgehead atoms. The van der Waals surface area contributed by atoms with Crippen molar-refractivity contribution in [2.24, 2.45) is 0 Å². The van der Waals surface area contributed by atoms with Crippen molar-refractivity contribution in [2.75, 3.05) is 0 Å². The van der Waals surface area contributed by atoms with Crippen molar-refractivity contribution in [3.63, 3.8) is 0 Å². The van der Waals surface area contributed by atoms with Gasteiger partial charge in [-0.3, -0.25) is 4.40 Å². The molecule has 31 heavy (non-hydrogen) atoms. The summed E-state index contributed by atoms with van der Waals surface area (Å²) in [4.78, 5) is 9.18. The van der Waals surface area contributed by atoms with Gasteiger partial charge < -0.3 is 9.52 Å². The minimum absolute atomic E-state index is 0.0110. The van der Waals surface area contributed by atoms with E-state index in [1.807, 2.05) is 30.3 Å². The summed E-state index contributed by atoms with van der Waals surface area (Å²) in [7, 11) is 0. The molecule has 0 unspecified atom stereocenters. The average molecular weight is 417 g/mol. The monoisotopic (exact) mass is 417 g/mol. The molecule has 5 nitrogen and oxygen atoms in total. The second-order valence-electron chi connectivity index (χ2n) is 7.17. The van der Waals surface area contributed by atoms with Gasteiger partial charge in [-0.05, 0) is 29.8 Å². The van der Waals surface area contributed by atoms with Gasteiger partial charge in [0, 0.05) is 18.2 Å². The fourth-order valence-electron chi connectivity index (χ4n) is 3.58. The highest BCUT2D eigenvalue weighted by Gasteiger charge is 2.20. The van der Waals surface area contributed by atoms with Crippen molar-refractivity contribution in [3.8, 4) is 17.1 Å². The van der Waals surface area contributed by atoms with Crippen LogP contribution >= 0.6 is 0 Å². The first kappa shape index (κ1) is 19.0. The average Bonchev–Trinajstić information content (AvgIpc) is 3.40. The van der Waals surface area contributed by atoms with Gasteiger partial charge >= 0.3 is 0 Å². The molecule has 0 spiro atoms. The van der Waals surface area contributed by atoms with E-state index in [1.165, 1.54) is 22.7 Å². The predicted octanol–water partition coefficient (Wildman–Crippen LogP) is 5.15. The molecule has 0 amide bonds. The molecule has 0 radical (unpaired) electrons. The van der Waals surface area contributed by atoms with Crippen LogP contribution in [0.25, 0.3) is 16.9 Å². The molecule has 0 aliphatic rings. The Balaban J connectivity index is 1.70. The molecule has 5 rings (SSSR count). The highest BCUT2D eigenvalue weighted by Crippen LogP contribution is 2.29. The third kappa shape index (κ3) is 3.54. The van der Waals surface area contributed by atoms with Crippen LogP contribution in [0.5, 0.6) is 5.88 Å². The second kappa shape index (κ2) is 7.68. The largest absolute Gasteiger partial charge is 0.493 e. The Morgan fingerprint density at radius 1 is 0.871 bits per heavy atom. The van der Waals surface area contributed by atoms with E-state index in [1.54, 1.807) is 18.4 Å². The molecule has 0 saturated carbocycles. The van der Waals surface area contributed by atoms with Crippen molar-refractivity contribution in [3.05, 3.63) is 107 Å². The Kier molecular flexibility index (Phi) is 4.71. The number of hydrogen-bond acceptors (Lipinski definition) is 4. The van der Waals surface area contributed by atoms with Crippen LogP contribution in [0.1, 0.15) is 22.7 Å². The molecule has 7 heteroatoms. The molecule has 0 aliphatic carbocycles. The molecule has 0 fully saturated rings. The van der Waals surface area contributed by atoms with Gasteiger partial charge in [0.15, 0.2) is 17.3 Å². The van der Waals surface area contributed by atoms with Crippen molar-refractivity contribution < 1.29 is 18.3 Å². The highest BCUT2D eigenvalue weighted by molar-refractivity contribution is 5.64. The van der Waals surface area contributed by atoms with Crippen LogP contribution in [-0.2, 0) is 12.8 Å². The van der Waals surface area contributed by atoms with Gasteiger partial charge in [-0.15, -0.1) is 0 Å². The summed E-state index contributed by atoms with van der Waals surface area (Å²) in [6.07, 6.45) is 3.71. The third-order valence-electron chi connectivity index (χ3n) is 5.08. The normalized spacial score (nSPS) is 11.3. The fourth-order valence-corrected chi connectivity index (χ4v) is 3.58. The van der Waals surface area contributed by atoms with Crippen LogP contribution in [0.4, 0.5) is 8.78 Å². The first-order valence-corrected chi connectivity index (χ1v) is 9.70. The van der Waals surface area contributed by atoms with E-state index in [9.17, 15) is 13.9 Å². The summed E-state index contributed by atoms with van der Waals surface area (Å²) in [6.45, 7) is 0. The molecule has 154 valence electrons. The number of nitrogens with zero attached hydrogens (tertiary/aromatic N) is 3. The Labute approximate surface area is 176 Å². The predicted molar refractivity (Wildman–Crippen MR) is 111 cm³/mol. The molecule has 3 heterocycles. The van der Waals surface area contributed by atoms with Crippen LogP contribution < -0.4 is 0 Å². The van der Waals surface area contributed by atoms with Crippen LogP contribution in [-0.4, -0.2) is 19.5 Å². The molecular weight excluding hydrogens is 400 g/mol. The van der Waals surface area contributed by atoms with Gasteiger partial charge in [0.25, 0.3) is 0 Å². The SMILES string of the molecule is Oc1c(Cc2ccco2)nc2c(Cc3ccccc3)nc(-c3cccc(F)c3F)cn12. The summed E-state index contributed by atoms with van der Waals surface area (Å²) in [6, 6.07) is 17.1. The maximum atomic E-state index is 14.5. The van der Waals surface area contributed by atoms with E-state index >= 15 is 0 Å². The Hall–Kier alpha value is -4.00. The molecule has 0 saturated heterocycles. The standard InChI is InChI=1S/C24H17F2N3O2/c25-18-10-4-9-17(22(18)26)21-14-29-23(19(27-21)12-15-6-2-1-3-7-15)28-20(24(29)30)13-16-8-5-11-31-16/h1-11,14,30H,12-13H2. The van der Waals surface area contributed by atoms with E-state index in [0.29, 0.717) is 29.2 Å². The number of imidazole rings is 1. The quantitative estimate of drug-likeness (QED) is 0.429. The number of benzene rings is 2. The number of fused-ring (bicyclic) bond motifs is 1. The van der Waals surface area contributed by atoms with Crippen LogP contribution in [0.3, 0.4) is 0 Å². The van der Waals surface area contributed by atoms with Crippen molar-refractivity contribution >= 4 is 5.65 Å². The van der Waals surface area contributed by atoms with Crippen molar-refractivity contribution in [1.29, 1.82) is 0 Å². The zero-order valence-corrected chi connectivity index (χ0v) is 16.3. The Bertz CT molecular complexity index is 1360. The maximum Gasteiger partial charge on any atom is 0.219 e. The highest BCUT2D eigenvalue weighted by atomic mass is 19.2. The number of aromatic hydroxyl groups is 1. The summed E-state index contributed by atoms with van der Waals surface area (Å²) >= 11 is 0. The molecule has 3 aromatic heterocycles. The molecule has 1 N–H and O–H groups in total. The number of hydrogen-bond donors (Lipinski definition) is 1. The van der Waals surface area contributed by atoms with E-state index in [4.69, 9.17) is 4.42 Å². The topological polar surface area (TPSA) is 63.6 Å². The maximum absolute atomic E-state index is 14.5. The van der Waals surface area contributed by atoms with E-state index < -0.39 is 11.6 Å². The number of aromatic nitrogens is 3. The van der Waals surface area contributed by atoms with Gasteiger partial charge in [0.2, 0.25) is 5.88 Å². The summed E-state index contributed by atoms with van der Waals surface area (Å²) < 4.78 is 35.2. The zero-order valence-electron chi connectivity index (χ0n) is 16.3. The summed E-state index contributed by atoms with van der Waals surface area (Å²) in [5.41, 5.74) is 2.58. The van der Waals surface area contributed by atoms with Crippen molar-refractivity contribution in [2.45, 2.75) is 12.8 Å². The molecule has 5 aromatic rings. The van der Waals surface area contributed by atoms with Gasteiger partial charge in [-0.25, -0.2) is 18.7 Å². The van der Waals surface area contributed by atoms with E-state index in [0.717, 1.165) is 11.6 Å². The lowest BCUT2D eigenvalue weighted by atomic mass is 10.1. The van der Waals surface area contributed by atoms with E-state index in [-0.39, 0.29) is 23.6 Å². The lowest BCUT2D eigenvalue weighted by molar-refractivity contribution is 0.438. The molecule has 0 aliphatic heterocycles. The van der Waals surface area contributed by atoms with Gasteiger partial charge in [-0.2, -0.15) is 0 Å². The molecule has 0 atom stereocenters. The van der Waals surface area contributed by atoms with Gasteiger partial charge in [0.05, 0.1) is 24.1 Å². The van der Waals surface area contributed by atoms with Crippen LogP contribution in [0, 0.1) is 11.6 Å². The van der Waals surface area contributed by atoms with Crippen molar-refractivity contribution in [1.82, 2.24) is 14.4 Å². The van der Waals surface area contributed by atoms with Gasteiger partial charge in [-0.1, -0.05) is 36.4 Å². The minimum Gasteiger partial charge on any atom is -0.493 e. The number of rotatable bonds is 5. The lowest BCUT2D eigenvalue weighted by Gasteiger charge is -2.09. The molecular formula is C24H17F2N3O2. The second-order valence-corrected chi connectivity index (χ2v) is 7.17. The smallest absolute Gasteiger partial charge is 0.219 e. The summed E-state index contributed by atoms with van der Waals surface area (Å²) in [5, 5.41) is 10.8. The third-order valence-corrected chi connectivity index (χ3v) is 5.08. The minimum atomic E-state index is -0.990.